The summed E-state index contributed by atoms with van der Waals surface area (Å²) >= 11 is 5.88. The van der Waals surface area contributed by atoms with Crippen molar-refractivity contribution in [2.75, 3.05) is 6.54 Å². The third-order valence-electron chi connectivity index (χ3n) is 1.84. The van der Waals surface area contributed by atoms with Crippen molar-refractivity contribution in [3.05, 3.63) is 28.8 Å². The van der Waals surface area contributed by atoms with Crippen LogP contribution in [0.15, 0.2) is 18.2 Å². The minimum Gasteiger partial charge on any atom is -0.434 e. The summed E-state index contributed by atoms with van der Waals surface area (Å²) in [6.45, 7) is 0.242. The fraction of sp³-hybridized carbons (Fsp3) is 0.400. The second kappa shape index (κ2) is 5.88. The highest BCUT2D eigenvalue weighted by atomic mass is 35.5. The number of ether oxygens (including phenoxy) is 1. The molecule has 1 N–H and O–H groups in total. The minimum atomic E-state index is -2.83. The monoisotopic (exact) mass is 235 g/mol. The van der Waals surface area contributed by atoms with Gasteiger partial charge in [0.1, 0.15) is 5.75 Å². The molecule has 0 heterocycles. The molecule has 0 bridgehead atoms. The zero-order valence-electron chi connectivity index (χ0n) is 8.27. The van der Waals surface area contributed by atoms with E-state index in [4.69, 9.17) is 11.6 Å². The van der Waals surface area contributed by atoms with E-state index in [0.717, 1.165) is 6.54 Å². The topological polar surface area (TPSA) is 21.3 Å². The molecule has 0 fully saturated rings. The van der Waals surface area contributed by atoms with Gasteiger partial charge in [-0.3, -0.25) is 0 Å². The van der Waals surface area contributed by atoms with E-state index in [1.54, 1.807) is 12.1 Å². The smallest absolute Gasteiger partial charge is 0.387 e. The highest BCUT2D eigenvalue weighted by Crippen LogP contribution is 2.27. The molecule has 1 aromatic carbocycles. The van der Waals surface area contributed by atoms with Gasteiger partial charge in [0.25, 0.3) is 0 Å². The summed E-state index contributed by atoms with van der Waals surface area (Å²) in [4.78, 5) is 0. The minimum absolute atomic E-state index is 0.124. The first kappa shape index (κ1) is 12.2. The van der Waals surface area contributed by atoms with Crippen molar-refractivity contribution in [3.8, 4) is 5.75 Å². The molecule has 1 rings (SSSR count). The highest BCUT2D eigenvalue weighted by molar-refractivity contribution is 6.31. The maximum absolute atomic E-state index is 12.1. The molecule has 0 amide bonds. The molecule has 5 heteroatoms. The van der Waals surface area contributed by atoms with Crippen molar-refractivity contribution in [1.29, 1.82) is 0 Å². The Morgan fingerprint density at radius 3 is 2.80 bits per heavy atom. The average molecular weight is 236 g/mol. The van der Waals surface area contributed by atoms with Crippen LogP contribution in [0.25, 0.3) is 0 Å². The summed E-state index contributed by atoms with van der Waals surface area (Å²) in [6.07, 6.45) is 0. The van der Waals surface area contributed by atoms with Gasteiger partial charge in [-0.25, -0.2) is 0 Å². The zero-order chi connectivity index (χ0) is 11.3. The van der Waals surface area contributed by atoms with E-state index >= 15 is 0 Å². The number of hydrogen-bond acceptors (Lipinski definition) is 2. The Hall–Kier alpha value is -0.870. The summed E-state index contributed by atoms with van der Waals surface area (Å²) in [5.41, 5.74) is 0.557. The van der Waals surface area contributed by atoms with Crippen molar-refractivity contribution < 1.29 is 13.5 Å². The Morgan fingerprint density at radius 1 is 1.47 bits per heavy atom. The van der Waals surface area contributed by atoms with Crippen molar-refractivity contribution in [1.82, 2.24) is 5.32 Å². The predicted octanol–water partition coefficient (Wildman–Crippen LogP) is 3.05. The molecular weight excluding hydrogens is 224 g/mol. The Morgan fingerprint density at radius 2 is 2.20 bits per heavy atom. The summed E-state index contributed by atoms with van der Waals surface area (Å²) in [7, 11) is 0. The van der Waals surface area contributed by atoms with Crippen LogP contribution in [-0.4, -0.2) is 13.2 Å². The zero-order valence-corrected chi connectivity index (χ0v) is 9.02. The van der Waals surface area contributed by atoms with Crippen LogP contribution < -0.4 is 10.1 Å². The first-order chi connectivity index (χ1) is 7.15. The fourth-order valence-electron chi connectivity index (χ4n) is 1.17. The molecular formula is C10H12ClF2NO. The van der Waals surface area contributed by atoms with Gasteiger partial charge in [0, 0.05) is 17.1 Å². The van der Waals surface area contributed by atoms with Crippen LogP contribution in [-0.2, 0) is 6.54 Å². The van der Waals surface area contributed by atoms with E-state index in [1.807, 2.05) is 6.92 Å². The molecule has 0 saturated carbocycles. The van der Waals surface area contributed by atoms with Crippen molar-refractivity contribution >= 4 is 11.6 Å². The normalized spacial score (nSPS) is 10.7. The van der Waals surface area contributed by atoms with Crippen LogP contribution in [0.1, 0.15) is 12.5 Å². The molecule has 0 atom stereocenters. The molecule has 0 saturated heterocycles. The van der Waals surface area contributed by atoms with E-state index < -0.39 is 6.61 Å². The maximum atomic E-state index is 12.1. The number of alkyl halides is 2. The first-order valence-corrected chi connectivity index (χ1v) is 4.95. The average Bonchev–Trinajstić information content (AvgIpc) is 2.16. The summed E-state index contributed by atoms with van der Waals surface area (Å²) in [5, 5.41) is 3.43. The highest BCUT2D eigenvalue weighted by Gasteiger charge is 2.11. The number of nitrogens with one attached hydrogen (secondary N) is 1. The lowest BCUT2D eigenvalue weighted by atomic mass is 10.2. The Kier molecular flexibility index (Phi) is 4.78. The van der Waals surface area contributed by atoms with E-state index in [0.29, 0.717) is 17.1 Å². The van der Waals surface area contributed by atoms with Crippen molar-refractivity contribution in [2.24, 2.45) is 0 Å². The molecule has 15 heavy (non-hydrogen) atoms. The summed E-state index contributed by atoms with van der Waals surface area (Å²) in [5.74, 6) is 0.124. The van der Waals surface area contributed by atoms with Gasteiger partial charge in [-0.2, -0.15) is 8.78 Å². The fourth-order valence-corrected chi connectivity index (χ4v) is 1.40. The third-order valence-corrected chi connectivity index (χ3v) is 2.20. The van der Waals surface area contributed by atoms with Gasteiger partial charge < -0.3 is 10.1 Å². The lowest BCUT2D eigenvalue weighted by molar-refractivity contribution is -0.0504. The molecule has 84 valence electrons. The van der Waals surface area contributed by atoms with E-state index in [9.17, 15) is 8.78 Å². The van der Waals surface area contributed by atoms with Crippen LogP contribution >= 0.6 is 11.6 Å². The third kappa shape index (κ3) is 3.64. The molecule has 0 aliphatic heterocycles. The van der Waals surface area contributed by atoms with Crippen LogP contribution in [0.5, 0.6) is 5.75 Å². The lowest BCUT2D eigenvalue weighted by Gasteiger charge is -2.12. The molecule has 0 unspecified atom stereocenters. The summed E-state index contributed by atoms with van der Waals surface area (Å²) in [6, 6.07) is 4.70. The molecule has 0 aliphatic carbocycles. The van der Waals surface area contributed by atoms with Gasteiger partial charge in [-0.1, -0.05) is 24.6 Å². The Labute approximate surface area is 92.2 Å². The predicted molar refractivity (Wildman–Crippen MR) is 55.5 cm³/mol. The molecule has 0 aromatic heterocycles. The molecule has 0 radical (unpaired) electrons. The molecule has 0 aliphatic rings. The standard InChI is InChI=1S/C10H12ClF2NO/c1-2-14-6-7-8(11)4-3-5-9(7)15-10(12)13/h3-5,10,14H,2,6H2,1H3. The SMILES string of the molecule is CCNCc1c(Cl)cccc1OC(F)F. The lowest BCUT2D eigenvalue weighted by Crippen LogP contribution is -2.14. The van der Waals surface area contributed by atoms with Crippen LogP contribution in [0.4, 0.5) is 8.78 Å². The van der Waals surface area contributed by atoms with Gasteiger partial charge >= 0.3 is 6.61 Å². The maximum Gasteiger partial charge on any atom is 0.387 e. The van der Waals surface area contributed by atoms with Crippen molar-refractivity contribution in [3.63, 3.8) is 0 Å². The van der Waals surface area contributed by atoms with E-state index in [-0.39, 0.29) is 5.75 Å². The van der Waals surface area contributed by atoms with Crippen LogP contribution in [0.3, 0.4) is 0 Å². The van der Waals surface area contributed by atoms with Gasteiger partial charge in [-0.15, -0.1) is 0 Å². The van der Waals surface area contributed by atoms with Gasteiger partial charge in [0.2, 0.25) is 0 Å². The molecule has 0 spiro atoms. The summed E-state index contributed by atoms with van der Waals surface area (Å²) < 4.78 is 28.5. The first-order valence-electron chi connectivity index (χ1n) is 4.58. The van der Waals surface area contributed by atoms with Crippen molar-refractivity contribution in [2.45, 2.75) is 20.1 Å². The Bertz CT molecular complexity index is 320. The molecule has 2 nitrogen and oxygen atoms in total. The molecule has 1 aromatic rings. The van der Waals surface area contributed by atoms with Crippen LogP contribution in [0.2, 0.25) is 5.02 Å². The van der Waals surface area contributed by atoms with E-state index in [2.05, 4.69) is 10.1 Å². The van der Waals surface area contributed by atoms with Crippen LogP contribution in [0, 0.1) is 0 Å². The second-order valence-electron chi connectivity index (χ2n) is 2.88. The quantitative estimate of drug-likeness (QED) is 0.847. The van der Waals surface area contributed by atoms with Gasteiger partial charge in [-0.05, 0) is 18.7 Å². The largest absolute Gasteiger partial charge is 0.434 e. The van der Waals surface area contributed by atoms with Gasteiger partial charge in [0.05, 0.1) is 0 Å². The number of rotatable bonds is 5. The number of halogens is 3. The Balaban J connectivity index is 2.87. The number of benzene rings is 1. The number of hydrogen-bond donors (Lipinski definition) is 1. The van der Waals surface area contributed by atoms with Gasteiger partial charge in [0.15, 0.2) is 0 Å². The van der Waals surface area contributed by atoms with E-state index in [1.165, 1.54) is 6.07 Å². The second-order valence-corrected chi connectivity index (χ2v) is 3.28.